The SMILES string of the molecule is CCN(CCOC)c1cccc(S(=O)(=O)NC(=O)c2cccnc2N2CC(C)CC2(C)C)n1.COc1cc(C)cc(-c2ccc(C(=O)NS(=O)(=O)c3cccnc3N)c(N3C[C@@H](C)CC3(C)C)n2)c1.C[C@@H]1CN(c2nc(C3CCCCO3)ccc2C(=O)NS(=O)(=O)c2ccccc2)C(C)(C)C1.Cc1ccc(-c2ccc(C(=O)NS(=O)(=O)c3cccnc3N)c(N3C[C@@H](C)CC3(C)C)n2)c(C)c1. The lowest BCUT2D eigenvalue weighted by atomic mass is 9.97. The number of nitrogen functional groups attached to an aromatic ring is 2. The van der Waals surface area contributed by atoms with Crippen molar-refractivity contribution >= 4 is 104 Å². The third-order valence-corrected chi connectivity index (χ3v) is 30.2. The van der Waals surface area contributed by atoms with Gasteiger partial charge in [0.05, 0.1) is 64.1 Å². The first-order chi connectivity index (χ1) is 64.1. The molecule has 5 aliphatic heterocycles. The maximum Gasteiger partial charge on any atom is 0.281 e. The fraction of sp³-hybridized carbons (Fsp3) is 0.424. The topological polar surface area (TPSA) is 439 Å². The van der Waals surface area contributed by atoms with E-state index in [0.29, 0.717) is 104 Å². The van der Waals surface area contributed by atoms with Crippen LogP contribution in [0, 0.1) is 44.4 Å². The van der Waals surface area contributed by atoms with E-state index in [1.807, 2.05) is 62.9 Å². The molecule has 726 valence electrons. The average molecular weight is 1940 g/mol. The fourth-order valence-electron chi connectivity index (χ4n) is 18.9. The van der Waals surface area contributed by atoms with Gasteiger partial charge in [0.15, 0.2) is 5.03 Å². The molecule has 2 unspecified atom stereocenters. The largest absolute Gasteiger partial charge is 0.497 e. The number of aryl methyl sites for hydroxylation is 3. The summed E-state index contributed by atoms with van der Waals surface area (Å²) in [7, 11) is -13.4. The third-order valence-electron chi connectivity index (χ3n) is 24.9. The fourth-order valence-corrected chi connectivity index (χ4v) is 22.9. The molecule has 10 aromatic rings. The second-order valence-corrected chi connectivity index (χ2v) is 44.8. The number of pyridine rings is 7. The molecule has 12 heterocycles. The number of likely N-dealkylation sites (N-methyl/N-ethyl adjacent to an activating group) is 1. The molecule has 5 aliphatic rings. The van der Waals surface area contributed by atoms with Gasteiger partial charge in [0.25, 0.3) is 63.7 Å². The van der Waals surface area contributed by atoms with E-state index in [-0.39, 0.29) is 81.9 Å². The summed E-state index contributed by atoms with van der Waals surface area (Å²) >= 11 is 0. The number of benzene rings is 3. The van der Waals surface area contributed by atoms with Crippen LogP contribution >= 0.6 is 0 Å². The molecule has 3 aromatic carbocycles. The Morgan fingerprint density at radius 3 is 1.40 bits per heavy atom. The highest BCUT2D eigenvalue weighted by molar-refractivity contribution is 7.91. The first-order valence-electron chi connectivity index (χ1n) is 45.5. The van der Waals surface area contributed by atoms with E-state index in [4.69, 9.17) is 40.6 Å². The van der Waals surface area contributed by atoms with Crippen LogP contribution in [-0.4, -0.2) is 181 Å². The monoisotopic (exact) mass is 1930 g/mol. The van der Waals surface area contributed by atoms with Gasteiger partial charge >= 0.3 is 0 Å². The molecule has 0 aliphatic carbocycles. The molecule has 5 fully saturated rings. The van der Waals surface area contributed by atoms with E-state index in [2.05, 4.69) is 148 Å². The molecule has 0 bridgehead atoms. The van der Waals surface area contributed by atoms with Gasteiger partial charge in [0, 0.05) is 105 Å². The summed E-state index contributed by atoms with van der Waals surface area (Å²) < 4.78 is 128. The van der Waals surface area contributed by atoms with Crippen LogP contribution in [0.2, 0.25) is 0 Å². The zero-order valence-electron chi connectivity index (χ0n) is 80.5. The number of aromatic nitrogens is 7. The Hall–Kier alpha value is -12.3. The summed E-state index contributed by atoms with van der Waals surface area (Å²) in [5, 5.41) is -0.218. The first-order valence-corrected chi connectivity index (χ1v) is 51.4. The van der Waals surface area contributed by atoms with Crippen molar-refractivity contribution in [3.63, 3.8) is 0 Å². The normalized spacial score (nSPS) is 18.8. The van der Waals surface area contributed by atoms with Crippen LogP contribution in [-0.2, 0) is 49.6 Å². The highest BCUT2D eigenvalue weighted by Gasteiger charge is 2.45. The van der Waals surface area contributed by atoms with Crippen molar-refractivity contribution in [2.24, 2.45) is 23.7 Å². The van der Waals surface area contributed by atoms with Gasteiger partial charge in [0.2, 0.25) is 0 Å². The Morgan fingerprint density at radius 1 is 0.471 bits per heavy atom. The second kappa shape index (κ2) is 42.1. The number of hydrogen-bond donors (Lipinski definition) is 6. The number of nitrogens with zero attached hydrogens (tertiary/aromatic N) is 12. The van der Waals surface area contributed by atoms with Crippen molar-refractivity contribution in [3.8, 4) is 28.3 Å². The van der Waals surface area contributed by atoms with Gasteiger partial charge in [-0.1, -0.05) is 75.7 Å². The Kier molecular flexibility index (Phi) is 31.8. The number of sulfonamides is 4. The molecule has 5 atom stereocenters. The molecule has 0 saturated carbocycles. The van der Waals surface area contributed by atoms with Crippen LogP contribution in [0.15, 0.2) is 196 Å². The van der Waals surface area contributed by atoms with Crippen molar-refractivity contribution in [1.29, 1.82) is 0 Å². The highest BCUT2D eigenvalue weighted by Crippen LogP contribution is 2.44. The number of methoxy groups -OCH3 is 2. The van der Waals surface area contributed by atoms with Crippen LogP contribution < -0.4 is 59.6 Å². The number of carbonyl (C=O) groups is 4. The van der Waals surface area contributed by atoms with Gasteiger partial charge < -0.3 is 50.2 Å². The number of nitrogens with one attached hydrogen (secondary N) is 4. The number of ether oxygens (including phenoxy) is 3. The summed E-state index contributed by atoms with van der Waals surface area (Å²) in [6.45, 7) is 38.7. The van der Waals surface area contributed by atoms with Gasteiger partial charge in [-0.2, -0.15) is 8.42 Å². The summed E-state index contributed by atoms with van der Waals surface area (Å²) in [5.74, 6) is 1.41. The summed E-state index contributed by atoms with van der Waals surface area (Å²) in [4.78, 5) is 93.9. The average Bonchev–Trinajstić information content (AvgIpc) is 1.58. The van der Waals surface area contributed by atoms with E-state index >= 15 is 0 Å². The number of anilines is 7. The lowest BCUT2D eigenvalue weighted by Gasteiger charge is -2.34. The maximum atomic E-state index is 13.4. The van der Waals surface area contributed by atoms with Gasteiger partial charge in [-0.15, -0.1) is 0 Å². The second-order valence-electron chi connectivity index (χ2n) is 38.2. The van der Waals surface area contributed by atoms with Crippen molar-refractivity contribution in [1.82, 2.24) is 53.8 Å². The molecule has 4 amide bonds. The van der Waals surface area contributed by atoms with E-state index < -0.39 is 63.7 Å². The lowest BCUT2D eigenvalue weighted by Crippen LogP contribution is -2.41. The minimum atomic E-state index is -4.24. The maximum absolute atomic E-state index is 13.4. The summed E-state index contributed by atoms with van der Waals surface area (Å²) in [5.41, 5.74) is 18.6. The molecule has 0 radical (unpaired) electrons. The minimum Gasteiger partial charge on any atom is -0.497 e. The van der Waals surface area contributed by atoms with Crippen LogP contribution in [0.5, 0.6) is 5.75 Å². The number of rotatable bonds is 25. The highest BCUT2D eigenvalue weighted by atomic mass is 32.2. The molecule has 7 aromatic heterocycles. The Labute approximate surface area is 799 Å². The predicted molar refractivity (Wildman–Crippen MR) is 528 cm³/mol. The Balaban J connectivity index is 0.000000163. The van der Waals surface area contributed by atoms with E-state index in [1.54, 1.807) is 99.3 Å². The molecule has 15 rings (SSSR count). The number of amides is 4. The summed E-state index contributed by atoms with van der Waals surface area (Å²) in [6.07, 6.45) is 11.0. The first kappa shape index (κ1) is 103. The molecule has 8 N–H and O–H groups in total. The van der Waals surface area contributed by atoms with Crippen LogP contribution in [0.1, 0.15) is 205 Å². The number of nitrogens with two attached hydrogens (primary N) is 2. The van der Waals surface area contributed by atoms with E-state index in [1.165, 1.54) is 54.9 Å². The van der Waals surface area contributed by atoms with Crippen molar-refractivity contribution in [3.05, 3.63) is 221 Å². The molecule has 136 heavy (non-hydrogen) atoms. The van der Waals surface area contributed by atoms with Crippen molar-refractivity contribution in [2.75, 3.05) is 103 Å². The quantitative estimate of drug-likeness (QED) is 0.0309. The Bertz CT molecular complexity index is 6550. The zero-order chi connectivity index (χ0) is 99.0. The molecular formula is C99H126N18O15S4. The predicted octanol–water partition coefficient (Wildman–Crippen LogP) is 14.6. The van der Waals surface area contributed by atoms with Crippen molar-refractivity contribution < 1.29 is 67.1 Å². The molecule has 5 saturated heterocycles. The standard InChI is InChI=1S/C26H31N5O4S.C26H31N5O3S.C24H31N3O4S.C23H33N5O4S/c1-16-11-18(13-19(12-16)35-5)21-9-8-20(24(29-21)31-15-17(2)14-26(31,3)4)25(32)30-36(33,34)22-7-6-10-28-23(22)27;1-16-8-9-19(18(3)13-16)21-11-10-20(24(29-21)31-15-17(2)14-26(31,4)5)25(32)30-35(33,34)22-7-6-12-28-23(22)27;1-17-15-24(2,3)27(16-17)22-19(12-13-20(25-22)21-11-7-8-14-31-21)23(28)26-32(29,30)18-9-5-4-6-10-18;1-6-27(13-14-32-5)19-10-7-11-20(25-19)33(30,31)26-22(29)18-9-8-12-24-21(18)28-16-17(2)15-23(28,3)4/h6-13,17H,14-15H2,1-5H3,(H2,27,28)(H,30,32);6-13,17H,14-15H2,1-5H3,(H2,27,28)(H,30,32);4-6,9-10,12-13,17,21H,7-8,11,14-16H2,1-3H3,(H,26,28);7-12,17H,6,13-16H2,1-5H3,(H,26,29)/t2*17-;17-,21?;/m000./s1. The number of hydrogen-bond acceptors (Lipinski definition) is 29. The van der Waals surface area contributed by atoms with E-state index in [9.17, 15) is 52.8 Å². The van der Waals surface area contributed by atoms with Crippen LogP contribution in [0.4, 0.5) is 40.7 Å². The Morgan fingerprint density at radius 2 is 0.934 bits per heavy atom. The van der Waals surface area contributed by atoms with Crippen molar-refractivity contribution in [2.45, 2.75) is 204 Å². The van der Waals surface area contributed by atoms with Crippen LogP contribution in [0.3, 0.4) is 0 Å². The molecule has 0 spiro atoms. The summed E-state index contributed by atoms with van der Waals surface area (Å²) in [6, 6.07) is 43.5. The smallest absolute Gasteiger partial charge is 0.281 e. The molecule has 33 nitrogen and oxygen atoms in total. The van der Waals surface area contributed by atoms with Gasteiger partial charge in [-0.05, 0) is 278 Å². The van der Waals surface area contributed by atoms with E-state index in [0.717, 1.165) is 97.2 Å². The van der Waals surface area contributed by atoms with Gasteiger partial charge in [0.1, 0.15) is 56.3 Å². The minimum absolute atomic E-state index is 0.0465. The van der Waals surface area contributed by atoms with Gasteiger partial charge in [-0.3, -0.25) is 19.2 Å². The number of carbonyl (C=O) groups excluding carboxylic acids is 4. The molecule has 37 heteroatoms. The zero-order valence-corrected chi connectivity index (χ0v) is 83.8. The van der Waals surface area contributed by atoms with Crippen LogP contribution in [0.25, 0.3) is 22.5 Å². The van der Waals surface area contributed by atoms with Gasteiger partial charge in [-0.25, -0.2) is 79.0 Å². The third kappa shape index (κ3) is 24.2. The molecular weight excluding hydrogens is 1810 g/mol. The lowest BCUT2D eigenvalue weighted by molar-refractivity contribution is 0.0123.